The Hall–Kier alpha value is -2.53. The molecule has 1 unspecified atom stereocenters. The third-order valence-corrected chi connectivity index (χ3v) is 6.71. The van der Waals surface area contributed by atoms with Crippen LogP contribution in [-0.4, -0.2) is 24.3 Å². The first kappa shape index (κ1) is 19.4. The first-order valence-electron chi connectivity index (χ1n) is 11.0. The number of carboxylic acids is 1. The topological polar surface area (TPSA) is 65.0 Å². The molecule has 0 bridgehead atoms. The molecule has 2 aromatic rings. The van der Waals surface area contributed by atoms with E-state index in [1.807, 2.05) is 18.2 Å². The minimum Gasteiger partial charge on any atom is -0.492 e. The van der Waals surface area contributed by atoms with E-state index in [1.54, 1.807) is 0 Å². The van der Waals surface area contributed by atoms with Gasteiger partial charge in [0.05, 0.1) is 19.6 Å². The quantitative estimate of drug-likeness (QED) is 0.664. The maximum absolute atomic E-state index is 11.0. The summed E-state index contributed by atoms with van der Waals surface area (Å²) in [6, 6.07) is 12.2. The highest BCUT2D eigenvalue weighted by Gasteiger charge is 2.29. The fourth-order valence-electron chi connectivity index (χ4n) is 4.82. The van der Waals surface area contributed by atoms with Crippen molar-refractivity contribution in [2.45, 2.75) is 57.2 Å². The summed E-state index contributed by atoms with van der Waals surface area (Å²) in [5.41, 5.74) is 4.87. The lowest BCUT2D eigenvalue weighted by Gasteiger charge is -2.25. The van der Waals surface area contributed by atoms with Gasteiger partial charge in [0.15, 0.2) is 0 Å². The maximum atomic E-state index is 11.0. The minimum absolute atomic E-state index is 0.0286. The summed E-state index contributed by atoms with van der Waals surface area (Å²) in [5, 5.41) is 9.07. The number of hydrogen-bond donors (Lipinski definition) is 1. The van der Waals surface area contributed by atoms with Crippen LogP contribution >= 0.6 is 0 Å². The van der Waals surface area contributed by atoms with E-state index >= 15 is 0 Å². The molecule has 1 fully saturated rings. The SMILES string of the molecule is O=C(O)C[C@@H]1COc2cc(OC3CCc4c(COCC5CCC5)cccc43)ccc21. The van der Waals surface area contributed by atoms with Gasteiger partial charge in [-0.1, -0.05) is 30.7 Å². The Bertz CT molecular complexity index is 933. The molecule has 1 heterocycles. The van der Waals surface area contributed by atoms with Crippen molar-refractivity contribution in [2.24, 2.45) is 5.92 Å². The largest absolute Gasteiger partial charge is 0.492 e. The van der Waals surface area contributed by atoms with Gasteiger partial charge in [0.2, 0.25) is 0 Å². The molecule has 1 saturated carbocycles. The molecule has 0 saturated heterocycles. The highest BCUT2D eigenvalue weighted by Crippen LogP contribution is 2.41. The Morgan fingerprint density at radius 1 is 1.13 bits per heavy atom. The van der Waals surface area contributed by atoms with Gasteiger partial charge in [-0.05, 0) is 54.4 Å². The summed E-state index contributed by atoms with van der Waals surface area (Å²) in [6.45, 7) is 1.98. The number of hydrogen-bond acceptors (Lipinski definition) is 4. The van der Waals surface area contributed by atoms with Crippen LogP contribution in [-0.2, 0) is 22.6 Å². The van der Waals surface area contributed by atoms with Gasteiger partial charge in [-0.25, -0.2) is 0 Å². The molecule has 1 aliphatic heterocycles. The van der Waals surface area contributed by atoms with Gasteiger partial charge in [0.1, 0.15) is 17.6 Å². The lowest BCUT2D eigenvalue weighted by atomic mass is 9.86. The van der Waals surface area contributed by atoms with Gasteiger partial charge >= 0.3 is 5.97 Å². The van der Waals surface area contributed by atoms with E-state index in [0.717, 1.165) is 42.4 Å². The number of aliphatic carboxylic acids is 1. The van der Waals surface area contributed by atoms with Gasteiger partial charge in [0.25, 0.3) is 0 Å². The molecule has 5 heteroatoms. The predicted octanol–water partition coefficient (Wildman–Crippen LogP) is 5.02. The van der Waals surface area contributed by atoms with Gasteiger partial charge in [-0.3, -0.25) is 4.79 Å². The Labute approximate surface area is 177 Å². The molecular weight excluding hydrogens is 380 g/mol. The van der Waals surface area contributed by atoms with Crippen LogP contribution in [0, 0.1) is 5.92 Å². The van der Waals surface area contributed by atoms with E-state index in [2.05, 4.69) is 18.2 Å². The fourth-order valence-corrected chi connectivity index (χ4v) is 4.82. The molecule has 5 rings (SSSR count). The van der Waals surface area contributed by atoms with Crippen molar-refractivity contribution in [3.05, 3.63) is 58.7 Å². The second-order valence-electron chi connectivity index (χ2n) is 8.75. The molecule has 2 aliphatic carbocycles. The van der Waals surface area contributed by atoms with Crippen LogP contribution < -0.4 is 9.47 Å². The van der Waals surface area contributed by atoms with Crippen molar-refractivity contribution >= 4 is 5.97 Å². The van der Waals surface area contributed by atoms with Crippen LogP contribution in [0.3, 0.4) is 0 Å². The number of benzene rings is 2. The van der Waals surface area contributed by atoms with Crippen LogP contribution in [0.25, 0.3) is 0 Å². The van der Waals surface area contributed by atoms with Crippen LogP contribution in [0.2, 0.25) is 0 Å². The van der Waals surface area contributed by atoms with Crippen molar-refractivity contribution in [1.29, 1.82) is 0 Å². The monoisotopic (exact) mass is 408 g/mol. The van der Waals surface area contributed by atoms with E-state index in [0.29, 0.717) is 13.2 Å². The van der Waals surface area contributed by atoms with E-state index < -0.39 is 5.97 Å². The van der Waals surface area contributed by atoms with Crippen LogP contribution in [0.1, 0.15) is 66.4 Å². The average Bonchev–Trinajstić information content (AvgIpc) is 3.28. The van der Waals surface area contributed by atoms with Crippen molar-refractivity contribution < 1.29 is 24.1 Å². The van der Waals surface area contributed by atoms with Gasteiger partial charge in [-0.15, -0.1) is 0 Å². The van der Waals surface area contributed by atoms with Crippen molar-refractivity contribution in [3.63, 3.8) is 0 Å². The summed E-state index contributed by atoms with van der Waals surface area (Å²) in [5.74, 6) is 1.40. The molecular formula is C25H28O5. The normalized spacial score (nSPS) is 22.1. The molecule has 2 aromatic carbocycles. The number of rotatable bonds is 8. The first-order valence-corrected chi connectivity index (χ1v) is 11.0. The molecule has 1 N–H and O–H groups in total. The summed E-state index contributed by atoms with van der Waals surface area (Å²) >= 11 is 0. The molecule has 0 amide bonds. The lowest BCUT2D eigenvalue weighted by Crippen LogP contribution is -2.17. The second kappa shape index (κ2) is 8.31. The molecule has 5 nitrogen and oxygen atoms in total. The number of fused-ring (bicyclic) bond motifs is 2. The van der Waals surface area contributed by atoms with Gasteiger partial charge in [-0.2, -0.15) is 0 Å². The van der Waals surface area contributed by atoms with Crippen molar-refractivity contribution in [2.75, 3.05) is 13.2 Å². The van der Waals surface area contributed by atoms with Crippen LogP contribution in [0.4, 0.5) is 0 Å². The van der Waals surface area contributed by atoms with E-state index in [9.17, 15) is 4.79 Å². The molecule has 2 atom stereocenters. The predicted molar refractivity (Wildman–Crippen MR) is 112 cm³/mol. The van der Waals surface area contributed by atoms with E-state index in [1.165, 1.54) is 36.0 Å². The van der Waals surface area contributed by atoms with E-state index in [-0.39, 0.29) is 18.4 Å². The maximum Gasteiger partial charge on any atom is 0.304 e. The molecule has 158 valence electrons. The Balaban J connectivity index is 1.25. The second-order valence-corrected chi connectivity index (χ2v) is 8.75. The molecule has 3 aliphatic rings. The molecule has 30 heavy (non-hydrogen) atoms. The van der Waals surface area contributed by atoms with Crippen LogP contribution in [0.15, 0.2) is 36.4 Å². The minimum atomic E-state index is -0.799. The summed E-state index contributed by atoms with van der Waals surface area (Å²) in [4.78, 5) is 11.0. The zero-order valence-corrected chi connectivity index (χ0v) is 17.1. The highest BCUT2D eigenvalue weighted by atomic mass is 16.5. The summed E-state index contributed by atoms with van der Waals surface area (Å²) in [6.07, 6.45) is 6.05. The molecule has 0 aromatic heterocycles. The highest BCUT2D eigenvalue weighted by molar-refractivity contribution is 5.68. The molecule has 0 spiro atoms. The standard InChI is InChI=1S/C25H28O5/c26-25(27)11-18-15-29-24-12-19(7-8-21(18)24)30-23-10-9-20-17(5-2-6-22(20)23)14-28-13-16-3-1-4-16/h2,5-8,12,16,18,23H,1,3-4,9-11,13-15H2,(H,26,27)/t18-,23?/m1/s1. The Kier molecular flexibility index (Phi) is 5.38. The van der Waals surface area contributed by atoms with Gasteiger partial charge < -0.3 is 19.3 Å². The summed E-state index contributed by atoms with van der Waals surface area (Å²) < 4.78 is 18.0. The third-order valence-electron chi connectivity index (χ3n) is 6.71. The fraction of sp³-hybridized carbons (Fsp3) is 0.480. The van der Waals surface area contributed by atoms with Crippen molar-refractivity contribution in [3.8, 4) is 11.5 Å². The first-order chi connectivity index (χ1) is 14.7. The van der Waals surface area contributed by atoms with Gasteiger partial charge in [0, 0.05) is 24.2 Å². The number of carboxylic acid groups (broad SMARTS) is 1. The molecule has 0 radical (unpaired) electrons. The zero-order chi connectivity index (χ0) is 20.5. The zero-order valence-electron chi connectivity index (χ0n) is 17.1. The Morgan fingerprint density at radius 2 is 2.03 bits per heavy atom. The smallest absolute Gasteiger partial charge is 0.304 e. The number of carbonyl (C=O) groups is 1. The van der Waals surface area contributed by atoms with E-state index in [4.69, 9.17) is 19.3 Å². The Morgan fingerprint density at radius 3 is 2.83 bits per heavy atom. The van der Waals surface area contributed by atoms with Crippen molar-refractivity contribution in [1.82, 2.24) is 0 Å². The number of ether oxygens (including phenoxy) is 3. The lowest BCUT2D eigenvalue weighted by molar-refractivity contribution is -0.137. The third kappa shape index (κ3) is 3.91. The van der Waals surface area contributed by atoms with Crippen LogP contribution in [0.5, 0.6) is 11.5 Å². The average molecular weight is 408 g/mol. The summed E-state index contributed by atoms with van der Waals surface area (Å²) in [7, 11) is 0.